The van der Waals surface area contributed by atoms with E-state index in [9.17, 15) is 0 Å². The Morgan fingerprint density at radius 1 is 1.04 bits per heavy atom. The van der Waals surface area contributed by atoms with Crippen molar-refractivity contribution in [3.8, 4) is 11.1 Å². The van der Waals surface area contributed by atoms with Crippen LogP contribution < -0.4 is 0 Å². The van der Waals surface area contributed by atoms with Gasteiger partial charge < -0.3 is 0 Å². The van der Waals surface area contributed by atoms with Gasteiger partial charge in [-0.3, -0.25) is 0 Å². The first kappa shape index (κ1) is 20.8. The Bertz CT molecular complexity index is 702. The van der Waals surface area contributed by atoms with Crippen molar-refractivity contribution in [2.45, 2.75) is 46.5 Å². The van der Waals surface area contributed by atoms with E-state index in [1.807, 2.05) is 0 Å². The molecular weight excluding hydrogens is 383 g/mol. The molecule has 0 saturated heterocycles. The van der Waals surface area contributed by atoms with E-state index in [4.69, 9.17) is 18.6 Å². The molecule has 0 nitrogen and oxygen atoms in total. The van der Waals surface area contributed by atoms with Gasteiger partial charge in [0.05, 0.1) is 0 Å². The fourth-order valence-corrected chi connectivity index (χ4v) is 3.25. The molecule has 0 heterocycles. The van der Waals surface area contributed by atoms with Crippen LogP contribution >= 0.6 is 18.6 Å². The fourth-order valence-electron chi connectivity index (χ4n) is 3.25. The molecule has 0 saturated carbocycles. The van der Waals surface area contributed by atoms with Crippen molar-refractivity contribution in [1.82, 2.24) is 0 Å². The Morgan fingerprint density at radius 3 is 2.32 bits per heavy atom. The van der Waals surface area contributed by atoms with E-state index in [-0.39, 0.29) is 0 Å². The zero-order chi connectivity index (χ0) is 18.2. The van der Waals surface area contributed by atoms with Gasteiger partial charge in [-0.25, -0.2) is 0 Å². The van der Waals surface area contributed by atoms with E-state index in [2.05, 4.69) is 69.3 Å². The van der Waals surface area contributed by atoms with Gasteiger partial charge in [-0.2, -0.15) is 0 Å². The average Bonchev–Trinajstić information content (AvgIpc) is 3.06. The van der Waals surface area contributed by atoms with Crippen LogP contribution in [0.4, 0.5) is 0 Å². The number of rotatable bonds is 5. The molecule has 132 valence electrons. The summed E-state index contributed by atoms with van der Waals surface area (Å²) >= 11 is -0.556. The zero-order valence-electron chi connectivity index (χ0n) is 15.3. The Balaban J connectivity index is 0.000000701. The summed E-state index contributed by atoms with van der Waals surface area (Å²) < 4.78 is 0. The van der Waals surface area contributed by atoms with Gasteiger partial charge in [-0.15, -0.1) is 0 Å². The first-order valence-corrected chi connectivity index (χ1v) is 13.3. The van der Waals surface area contributed by atoms with E-state index in [0.29, 0.717) is 5.92 Å². The molecule has 3 heteroatoms. The molecule has 2 aromatic rings. The third-order valence-electron chi connectivity index (χ3n) is 4.75. The predicted molar refractivity (Wildman–Crippen MR) is 109 cm³/mol. The molecule has 25 heavy (non-hydrogen) atoms. The summed E-state index contributed by atoms with van der Waals surface area (Å²) in [6.07, 6.45) is 7.27. The molecule has 0 fully saturated rings. The van der Waals surface area contributed by atoms with Crippen LogP contribution in [0.3, 0.4) is 0 Å². The van der Waals surface area contributed by atoms with Crippen LogP contribution in [0.25, 0.3) is 17.2 Å². The van der Waals surface area contributed by atoms with Crippen LogP contribution in [0.5, 0.6) is 0 Å². The summed E-state index contributed by atoms with van der Waals surface area (Å²) in [4.78, 5) is 0. The third kappa shape index (κ3) is 5.73. The normalized spacial score (nSPS) is 12.3. The fraction of sp³-hybridized carbons (Fsp3) is 0.364. The molecule has 0 atom stereocenters. The second kappa shape index (κ2) is 10.6. The molecule has 0 aromatic heterocycles. The number of unbranched alkanes of at least 4 members (excludes halogenated alkanes) is 1. The Kier molecular flexibility index (Phi) is 8.80. The second-order valence-corrected chi connectivity index (χ2v) is 9.38. The number of halogens is 2. The molecule has 0 amide bonds. The molecular formula is C22H26Cl2Ti. The van der Waals surface area contributed by atoms with Crippen molar-refractivity contribution in [3.63, 3.8) is 0 Å². The van der Waals surface area contributed by atoms with Gasteiger partial charge in [0.25, 0.3) is 0 Å². The predicted octanol–water partition coefficient (Wildman–Crippen LogP) is 7.67. The second-order valence-electron chi connectivity index (χ2n) is 6.80. The summed E-state index contributed by atoms with van der Waals surface area (Å²) in [6.45, 7) is 6.83. The van der Waals surface area contributed by atoms with Crippen molar-refractivity contribution in [1.29, 1.82) is 0 Å². The van der Waals surface area contributed by atoms with Gasteiger partial charge in [0.1, 0.15) is 0 Å². The maximum atomic E-state index is 4.89. The van der Waals surface area contributed by atoms with E-state index >= 15 is 0 Å². The first-order valence-electron chi connectivity index (χ1n) is 8.98. The molecule has 1 aliphatic rings. The molecule has 2 aromatic carbocycles. The van der Waals surface area contributed by atoms with Gasteiger partial charge in [0.2, 0.25) is 0 Å². The van der Waals surface area contributed by atoms with Gasteiger partial charge in [0, 0.05) is 0 Å². The standard InChI is InChI=1S/C22H26.2ClH.Ti/c1-4-5-7-17-10-12-18(13-11-17)21-9-6-8-19-14-20(16(2)3)15-22(19)21;;;/h6,8-13,15-16H,4-5,7,14H2,1-3H3;2*1H;/q;;;+2/p-2. The summed E-state index contributed by atoms with van der Waals surface area (Å²) in [7, 11) is 9.78. The minimum atomic E-state index is -0.556. The average molecular weight is 409 g/mol. The Hall–Kier alpha value is -0.526. The Morgan fingerprint density at radius 2 is 1.72 bits per heavy atom. The topological polar surface area (TPSA) is 0 Å². The quantitative estimate of drug-likeness (QED) is 0.445. The number of allylic oxidation sites excluding steroid dienone is 1. The summed E-state index contributed by atoms with van der Waals surface area (Å²) in [5.41, 5.74) is 8.66. The molecule has 0 unspecified atom stereocenters. The number of aryl methyl sites for hydroxylation is 1. The molecule has 3 rings (SSSR count). The number of hydrogen-bond donors (Lipinski definition) is 0. The molecule has 0 spiro atoms. The molecule has 0 aliphatic heterocycles. The Labute approximate surface area is 169 Å². The number of hydrogen-bond acceptors (Lipinski definition) is 0. The van der Waals surface area contributed by atoms with Gasteiger partial charge in [-0.1, -0.05) is 81.3 Å². The number of benzene rings is 2. The van der Waals surface area contributed by atoms with Crippen LogP contribution in [0.1, 0.15) is 50.3 Å². The van der Waals surface area contributed by atoms with Crippen LogP contribution in [-0.4, -0.2) is 0 Å². The van der Waals surface area contributed by atoms with Crippen molar-refractivity contribution in [3.05, 3.63) is 64.7 Å². The van der Waals surface area contributed by atoms with Crippen molar-refractivity contribution >= 4 is 24.7 Å². The van der Waals surface area contributed by atoms with E-state index in [1.54, 1.807) is 5.57 Å². The molecule has 0 radical (unpaired) electrons. The van der Waals surface area contributed by atoms with Crippen LogP contribution in [-0.2, 0) is 29.9 Å². The molecule has 0 N–H and O–H groups in total. The van der Waals surface area contributed by atoms with E-state index in [0.717, 1.165) is 6.42 Å². The van der Waals surface area contributed by atoms with Crippen molar-refractivity contribution < 1.29 is 17.0 Å². The summed E-state index contributed by atoms with van der Waals surface area (Å²) in [5, 5.41) is 0. The number of fused-ring (bicyclic) bond motifs is 1. The van der Waals surface area contributed by atoms with Gasteiger partial charge in [-0.05, 0) is 53.0 Å². The van der Waals surface area contributed by atoms with Gasteiger partial charge >= 0.3 is 35.6 Å². The first-order chi connectivity index (χ1) is 12.1. The SMILES string of the molecule is CCCCc1ccc(-c2cccc3c2C=C(C(C)C)C3)cc1.[Cl][Ti][Cl]. The summed E-state index contributed by atoms with van der Waals surface area (Å²) in [6, 6.07) is 15.9. The van der Waals surface area contributed by atoms with Crippen LogP contribution in [0.2, 0.25) is 0 Å². The van der Waals surface area contributed by atoms with E-state index in [1.165, 1.54) is 47.1 Å². The van der Waals surface area contributed by atoms with E-state index < -0.39 is 17.0 Å². The van der Waals surface area contributed by atoms with Crippen LogP contribution in [0, 0.1) is 5.92 Å². The van der Waals surface area contributed by atoms with Gasteiger partial charge in [0.15, 0.2) is 0 Å². The maximum absolute atomic E-state index is 4.89. The minimum absolute atomic E-state index is 0.556. The zero-order valence-corrected chi connectivity index (χ0v) is 18.4. The van der Waals surface area contributed by atoms with Crippen molar-refractivity contribution in [2.75, 3.05) is 0 Å². The van der Waals surface area contributed by atoms with Crippen LogP contribution in [0.15, 0.2) is 48.0 Å². The third-order valence-corrected chi connectivity index (χ3v) is 4.75. The monoisotopic (exact) mass is 408 g/mol. The molecule has 1 aliphatic carbocycles. The summed E-state index contributed by atoms with van der Waals surface area (Å²) in [5.74, 6) is 0.636. The van der Waals surface area contributed by atoms with Crippen molar-refractivity contribution in [2.24, 2.45) is 5.92 Å². The molecule has 0 bridgehead atoms.